The van der Waals surface area contributed by atoms with Crippen LogP contribution in [-0.4, -0.2) is 37.2 Å². The summed E-state index contributed by atoms with van der Waals surface area (Å²) in [6, 6.07) is 0. The van der Waals surface area contributed by atoms with Gasteiger partial charge in [0.05, 0.1) is 0 Å². The van der Waals surface area contributed by atoms with E-state index in [1.807, 2.05) is 0 Å². The van der Waals surface area contributed by atoms with Gasteiger partial charge in [-0.3, -0.25) is 14.4 Å². The highest BCUT2D eigenvalue weighted by atomic mass is 16.6. The molecule has 0 saturated carbocycles. The Morgan fingerprint density at radius 3 is 0.773 bits per heavy atom. The van der Waals surface area contributed by atoms with E-state index in [0.717, 1.165) is 103 Å². The van der Waals surface area contributed by atoms with Crippen molar-refractivity contribution in [2.45, 2.75) is 335 Å². The van der Waals surface area contributed by atoms with E-state index in [1.165, 1.54) is 186 Å². The van der Waals surface area contributed by atoms with E-state index in [4.69, 9.17) is 14.2 Å². The van der Waals surface area contributed by atoms with Gasteiger partial charge in [0, 0.05) is 19.3 Å². The van der Waals surface area contributed by atoms with Gasteiger partial charge in [-0.15, -0.1) is 0 Å². The fourth-order valence-corrected chi connectivity index (χ4v) is 9.24. The summed E-state index contributed by atoms with van der Waals surface area (Å²) in [5, 5.41) is 0. The van der Waals surface area contributed by atoms with Crippen LogP contribution in [0, 0.1) is 0 Å². The van der Waals surface area contributed by atoms with Crippen molar-refractivity contribution in [3.63, 3.8) is 0 Å². The highest BCUT2D eigenvalue weighted by molar-refractivity contribution is 5.71. The molecular formula is C69H122O6. The maximum absolute atomic E-state index is 12.9. The molecule has 1 atom stereocenters. The van der Waals surface area contributed by atoms with Crippen molar-refractivity contribution < 1.29 is 28.6 Å². The predicted octanol–water partition coefficient (Wildman–Crippen LogP) is 22.1. The zero-order chi connectivity index (χ0) is 54.3. The summed E-state index contributed by atoms with van der Waals surface area (Å²) in [4.78, 5) is 38.3. The number of rotatable bonds is 59. The first kappa shape index (κ1) is 71.8. The average molecular weight is 1050 g/mol. The van der Waals surface area contributed by atoms with Crippen molar-refractivity contribution >= 4 is 17.9 Å². The molecule has 434 valence electrons. The quantitative estimate of drug-likeness (QED) is 0.0261. The molecular weight excluding hydrogens is 925 g/mol. The number of allylic oxidation sites excluding steroid dienone is 12. The Labute approximate surface area is 465 Å². The molecule has 0 fully saturated rings. The molecule has 6 nitrogen and oxygen atoms in total. The minimum absolute atomic E-state index is 0.0832. The Balaban J connectivity index is 4.29. The number of ether oxygens (including phenoxy) is 3. The van der Waals surface area contributed by atoms with Gasteiger partial charge in [0.1, 0.15) is 13.2 Å². The van der Waals surface area contributed by atoms with E-state index in [-0.39, 0.29) is 31.1 Å². The number of hydrogen-bond donors (Lipinski definition) is 0. The molecule has 0 amide bonds. The molecule has 0 saturated heterocycles. The zero-order valence-corrected chi connectivity index (χ0v) is 49.8. The molecule has 0 aliphatic carbocycles. The number of carbonyl (C=O) groups excluding carboxylic acids is 3. The van der Waals surface area contributed by atoms with Crippen molar-refractivity contribution in [1.29, 1.82) is 0 Å². The molecule has 0 radical (unpaired) electrons. The lowest BCUT2D eigenvalue weighted by Gasteiger charge is -2.18. The van der Waals surface area contributed by atoms with Crippen LogP contribution in [-0.2, 0) is 28.6 Å². The minimum atomic E-state index is -0.787. The highest BCUT2D eigenvalue weighted by Crippen LogP contribution is 2.16. The third-order valence-electron chi connectivity index (χ3n) is 14.2. The Bertz CT molecular complexity index is 1390. The second-order valence-corrected chi connectivity index (χ2v) is 21.7. The standard InChI is InChI=1S/C69H122O6/c1-4-7-10-13-16-19-22-25-28-30-31-32-33-34-35-36-37-38-39-40-42-44-47-50-53-56-59-62-68(71)74-65-66(64-73-67(70)61-58-55-52-49-46-43-27-24-21-18-15-12-9-6-3)75-69(72)63-60-57-54-51-48-45-41-29-26-23-20-17-14-11-8-5-2/h20,22-25,27,29-31,33-34,41,66H,4-19,21,26,28,32,35-40,42-65H2,1-3H3/b23-20-,25-22-,27-24-,31-30-,34-33-,41-29-. The van der Waals surface area contributed by atoms with Crippen LogP contribution >= 0.6 is 0 Å². The lowest BCUT2D eigenvalue weighted by atomic mass is 10.0. The van der Waals surface area contributed by atoms with Crippen molar-refractivity contribution in [3.05, 3.63) is 72.9 Å². The summed E-state index contributed by atoms with van der Waals surface area (Å²) in [5.41, 5.74) is 0. The molecule has 0 rings (SSSR count). The van der Waals surface area contributed by atoms with Gasteiger partial charge >= 0.3 is 17.9 Å². The Morgan fingerprint density at radius 1 is 0.267 bits per heavy atom. The number of carbonyl (C=O) groups is 3. The van der Waals surface area contributed by atoms with Crippen LogP contribution in [0.1, 0.15) is 329 Å². The molecule has 6 heteroatoms. The Morgan fingerprint density at radius 2 is 0.480 bits per heavy atom. The van der Waals surface area contributed by atoms with Crippen molar-refractivity contribution in [3.8, 4) is 0 Å². The molecule has 0 aromatic carbocycles. The van der Waals surface area contributed by atoms with Gasteiger partial charge < -0.3 is 14.2 Å². The van der Waals surface area contributed by atoms with E-state index in [9.17, 15) is 14.4 Å². The molecule has 0 spiro atoms. The molecule has 1 unspecified atom stereocenters. The monoisotopic (exact) mass is 1050 g/mol. The molecule has 75 heavy (non-hydrogen) atoms. The molecule has 0 aromatic rings. The second-order valence-electron chi connectivity index (χ2n) is 21.7. The molecule has 0 aliphatic heterocycles. The summed E-state index contributed by atoms with van der Waals surface area (Å²) >= 11 is 0. The minimum Gasteiger partial charge on any atom is -0.462 e. The summed E-state index contributed by atoms with van der Waals surface area (Å²) < 4.78 is 16.9. The highest BCUT2D eigenvalue weighted by Gasteiger charge is 2.19. The van der Waals surface area contributed by atoms with E-state index >= 15 is 0 Å². The average Bonchev–Trinajstić information content (AvgIpc) is 3.41. The van der Waals surface area contributed by atoms with Crippen LogP contribution in [0.2, 0.25) is 0 Å². The van der Waals surface area contributed by atoms with Crippen molar-refractivity contribution in [1.82, 2.24) is 0 Å². The summed E-state index contributed by atoms with van der Waals surface area (Å²) in [6.45, 7) is 6.61. The first-order valence-corrected chi connectivity index (χ1v) is 32.4. The predicted molar refractivity (Wildman–Crippen MR) is 325 cm³/mol. The number of unbranched alkanes of at least 4 members (excludes halogenated alkanes) is 36. The van der Waals surface area contributed by atoms with Gasteiger partial charge in [-0.25, -0.2) is 0 Å². The molecule has 0 aliphatic rings. The summed E-state index contributed by atoms with van der Waals surface area (Å²) in [7, 11) is 0. The van der Waals surface area contributed by atoms with E-state index < -0.39 is 6.10 Å². The topological polar surface area (TPSA) is 78.9 Å². The molecule has 0 aromatic heterocycles. The van der Waals surface area contributed by atoms with Crippen molar-refractivity contribution in [2.75, 3.05) is 13.2 Å². The Hall–Kier alpha value is -3.15. The molecule has 0 heterocycles. The van der Waals surface area contributed by atoms with Crippen LogP contribution in [0.25, 0.3) is 0 Å². The maximum Gasteiger partial charge on any atom is 0.306 e. The lowest BCUT2D eigenvalue weighted by molar-refractivity contribution is -0.167. The van der Waals surface area contributed by atoms with E-state index in [0.29, 0.717) is 19.3 Å². The first-order chi connectivity index (χ1) is 37.0. The first-order valence-electron chi connectivity index (χ1n) is 32.4. The molecule has 0 N–H and O–H groups in total. The van der Waals surface area contributed by atoms with E-state index in [1.54, 1.807) is 0 Å². The number of esters is 3. The SMILES string of the molecule is CCCCCC/C=C\C/C=C\CCCCCCCC(=O)OC(COC(=O)CCCCCCC/C=C\CCCCCCC)COC(=O)CCCCCCCCCCCCCC/C=C\C/C=C\C/C=C\CCCCCCC. The third kappa shape index (κ3) is 61.6. The Kier molecular flexibility index (Phi) is 60.7. The smallest absolute Gasteiger partial charge is 0.306 e. The largest absolute Gasteiger partial charge is 0.462 e. The van der Waals surface area contributed by atoms with E-state index in [2.05, 4.69) is 93.7 Å². The fraction of sp³-hybridized carbons (Fsp3) is 0.783. The summed E-state index contributed by atoms with van der Waals surface area (Å²) in [5.74, 6) is -0.894. The normalized spacial score (nSPS) is 12.5. The van der Waals surface area contributed by atoms with Crippen molar-refractivity contribution in [2.24, 2.45) is 0 Å². The second kappa shape index (κ2) is 63.4. The van der Waals surface area contributed by atoms with Crippen LogP contribution in [0.4, 0.5) is 0 Å². The lowest BCUT2D eigenvalue weighted by Crippen LogP contribution is -2.30. The zero-order valence-electron chi connectivity index (χ0n) is 49.8. The van der Waals surface area contributed by atoms with Gasteiger partial charge in [0.15, 0.2) is 6.10 Å². The van der Waals surface area contributed by atoms with Crippen LogP contribution in [0.5, 0.6) is 0 Å². The number of hydrogen-bond acceptors (Lipinski definition) is 6. The van der Waals surface area contributed by atoms with Gasteiger partial charge in [-0.1, -0.05) is 267 Å². The van der Waals surface area contributed by atoms with Gasteiger partial charge in [-0.2, -0.15) is 0 Å². The summed E-state index contributed by atoms with van der Waals surface area (Å²) in [6.07, 6.45) is 81.9. The van der Waals surface area contributed by atoms with Crippen LogP contribution in [0.3, 0.4) is 0 Å². The van der Waals surface area contributed by atoms with Crippen LogP contribution < -0.4 is 0 Å². The maximum atomic E-state index is 12.9. The van der Waals surface area contributed by atoms with Gasteiger partial charge in [0.25, 0.3) is 0 Å². The van der Waals surface area contributed by atoms with Gasteiger partial charge in [0.2, 0.25) is 0 Å². The third-order valence-corrected chi connectivity index (χ3v) is 14.2. The van der Waals surface area contributed by atoms with Gasteiger partial charge in [-0.05, 0) is 116 Å². The van der Waals surface area contributed by atoms with Crippen LogP contribution in [0.15, 0.2) is 72.9 Å². The fourth-order valence-electron chi connectivity index (χ4n) is 9.24. The molecule has 0 bridgehead atoms.